The average molecular weight is 405 g/mol. The predicted octanol–water partition coefficient (Wildman–Crippen LogP) is 3.44. The fourth-order valence-corrected chi connectivity index (χ4v) is 4.12. The lowest BCUT2D eigenvalue weighted by Crippen LogP contribution is -2.28. The van der Waals surface area contributed by atoms with Gasteiger partial charge in [-0.15, -0.1) is 10.2 Å². The number of hydrogen-bond donors (Lipinski definition) is 1. The quantitative estimate of drug-likeness (QED) is 0.722. The molecule has 3 rings (SSSR count). The molecule has 6 nitrogen and oxygen atoms in total. The van der Waals surface area contributed by atoms with Gasteiger partial charge in [0.1, 0.15) is 4.90 Å². The third kappa shape index (κ3) is 3.53. The van der Waals surface area contributed by atoms with Crippen molar-refractivity contribution in [3.8, 4) is 0 Å². The Bertz CT molecular complexity index is 1070. The second-order valence-corrected chi connectivity index (χ2v) is 7.56. The first-order valence-corrected chi connectivity index (χ1v) is 9.14. The molecule has 0 bridgehead atoms. The molecule has 138 valence electrons. The lowest BCUT2D eigenvalue weighted by atomic mass is 10.2. The molecule has 2 aromatic heterocycles. The predicted molar refractivity (Wildman–Crippen MR) is 88.2 cm³/mol. The number of fused-ring (bicyclic) bond motifs is 1. The van der Waals surface area contributed by atoms with Crippen LogP contribution in [0.2, 0.25) is 5.02 Å². The van der Waals surface area contributed by atoms with E-state index < -0.39 is 32.7 Å². The monoisotopic (exact) mass is 404 g/mol. The normalized spacial score (nSPS) is 13.9. The number of alkyl halides is 3. The molecule has 2 heterocycles. The van der Waals surface area contributed by atoms with E-state index in [1.54, 1.807) is 28.8 Å². The van der Waals surface area contributed by atoms with Gasteiger partial charge in [-0.1, -0.05) is 17.7 Å². The Hall–Kier alpha value is -2.17. The van der Waals surface area contributed by atoms with Gasteiger partial charge in [-0.05, 0) is 37.3 Å². The fourth-order valence-electron chi connectivity index (χ4n) is 2.39. The van der Waals surface area contributed by atoms with Crippen LogP contribution in [-0.2, 0) is 16.2 Å². The van der Waals surface area contributed by atoms with Crippen LogP contribution in [0.5, 0.6) is 0 Å². The summed E-state index contributed by atoms with van der Waals surface area (Å²) in [5, 5.41) is 7.52. The molecular formula is C15H12ClF3N4O2S. The van der Waals surface area contributed by atoms with E-state index in [9.17, 15) is 21.6 Å². The third-order valence-electron chi connectivity index (χ3n) is 3.61. The zero-order valence-electron chi connectivity index (χ0n) is 13.2. The van der Waals surface area contributed by atoms with Gasteiger partial charge >= 0.3 is 6.18 Å². The smallest absolute Gasteiger partial charge is 0.285 e. The minimum absolute atomic E-state index is 0.285. The van der Waals surface area contributed by atoms with Gasteiger partial charge in [0.2, 0.25) is 10.0 Å². The Balaban J connectivity index is 1.96. The Morgan fingerprint density at radius 1 is 1.19 bits per heavy atom. The van der Waals surface area contributed by atoms with E-state index in [1.807, 2.05) is 0 Å². The molecule has 0 unspecified atom stereocenters. The zero-order valence-corrected chi connectivity index (χ0v) is 14.8. The molecule has 0 aliphatic carbocycles. The van der Waals surface area contributed by atoms with E-state index in [-0.39, 0.29) is 10.8 Å². The number of aromatic nitrogens is 3. The van der Waals surface area contributed by atoms with Crippen LogP contribution in [0.25, 0.3) is 5.65 Å². The number of benzene rings is 1. The van der Waals surface area contributed by atoms with E-state index in [1.165, 1.54) is 6.92 Å². The van der Waals surface area contributed by atoms with Gasteiger partial charge in [-0.2, -0.15) is 13.2 Å². The summed E-state index contributed by atoms with van der Waals surface area (Å²) in [6, 6.07) is 6.40. The van der Waals surface area contributed by atoms with E-state index >= 15 is 0 Å². The van der Waals surface area contributed by atoms with E-state index in [2.05, 4.69) is 14.9 Å². The first-order chi connectivity index (χ1) is 12.1. The molecule has 1 N–H and O–H groups in total. The van der Waals surface area contributed by atoms with Gasteiger partial charge in [-0.25, -0.2) is 13.1 Å². The van der Waals surface area contributed by atoms with E-state index in [0.29, 0.717) is 11.7 Å². The molecule has 0 radical (unpaired) electrons. The molecule has 3 aromatic rings. The molecule has 26 heavy (non-hydrogen) atoms. The number of nitrogens with one attached hydrogen (secondary N) is 1. The van der Waals surface area contributed by atoms with E-state index in [4.69, 9.17) is 11.6 Å². The highest BCUT2D eigenvalue weighted by atomic mass is 35.5. The van der Waals surface area contributed by atoms with Crippen molar-refractivity contribution in [1.82, 2.24) is 19.3 Å². The van der Waals surface area contributed by atoms with Crippen molar-refractivity contribution in [2.45, 2.75) is 24.0 Å². The topological polar surface area (TPSA) is 76.4 Å². The van der Waals surface area contributed by atoms with Crippen molar-refractivity contribution in [2.24, 2.45) is 0 Å². The van der Waals surface area contributed by atoms with Gasteiger partial charge in [0.25, 0.3) is 0 Å². The summed E-state index contributed by atoms with van der Waals surface area (Å²) in [6.07, 6.45) is -3.05. The van der Waals surface area contributed by atoms with Gasteiger partial charge in [-0.3, -0.25) is 4.40 Å². The Labute approximate surface area is 151 Å². The Morgan fingerprint density at radius 3 is 2.62 bits per heavy atom. The minimum atomic E-state index is -4.69. The van der Waals surface area contributed by atoms with Crippen molar-refractivity contribution >= 4 is 27.3 Å². The van der Waals surface area contributed by atoms with Gasteiger partial charge in [0.05, 0.1) is 16.6 Å². The number of pyridine rings is 1. The van der Waals surface area contributed by atoms with Crippen molar-refractivity contribution in [3.63, 3.8) is 0 Å². The maximum atomic E-state index is 12.9. The maximum absolute atomic E-state index is 12.9. The van der Waals surface area contributed by atoms with Crippen molar-refractivity contribution in [3.05, 3.63) is 59.0 Å². The molecule has 0 aliphatic rings. The molecule has 1 atom stereocenters. The summed E-state index contributed by atoms with van der Waals surface area (Å²) in [5.41, 5.74) is -0.603. The molecule has 0 spiro atoms. The number of nitrogens with zero attached hydrogens (tertiary/aromatic N) is 3. The standard InChI is InChI=1S/C15H12ClF3N4O2S/c1-9(14-21-20-13-4-2-3-7-23(13)14)22-26(24,25)12-8-10(15(17,18)19)5-6-11(12)16/h2-9,22H,1H3/t9-/m0/s1. The summed E-state index contributed by atoms with van der Waals surface area (Å²) in [4.78, 5) is -0.658. The number of rotatable bonds is 4. The Kier molecular flexibility index (Phi) is 4.67. The van der Waals surface area contributed by atoms with Crippen LogP contribution in [0.1, 0.15) is 24.4 Å². The van der Waals surface area contributed by atoms with Crippen molar-refractivity contribution in [2.75, 3.05) is 0 Å². The Morgan fingerprint density at radius 2 is 1.92 bits per heavy atom. The fraction of sp³-hybridized carbons (Fsp3) is 0.200. The summed E-state index contributed by atoms with van der Waals surface area (Å²) in [5.74, 6) is 0.285. The summed E-state index contributed by atoms with van der Waals surface area (Å²) >= 11 is 5.81. The van der Waals surface area contributed by atoms with Crippen molar-refractivity contribution in [1.29, 1.82) is 0 Å². The molecule has 0 saturated heterocycles. The highest BCUT2D eigenvalue weighted by Crippen LogP contribution is 2.33. The summed E-state index contributed by atoms with van der Waals surface area (Å²) < 4.78 is 67.6. The van der Waals surface area contributed by atoms with Crippen LogP contribution in [0.15, 0.2) is 47.5 Å². The molecule has 0 aliphatic heterocycles. The molecule has 1 aromatic carbocycles. The largest absolute Gasteiger partial charge is 0.416 e. The van der Waals surface area contributed by atoms with Crippen LogP contribution in [0, 0.1) is 0 Å². The summed E-state index contributed by atoms with van der Waals surface area (Å²) in [6.45, 7) is 1.50. The lowest BCUT2D eigenvalue weighted by molar-refractivity contribution is -0.137. The molecule has 0 fully saturated rings. The lowest BCUT2D eigenvalue weighted by Gasteiger charge is -2.15. The zero-order chi connectivity index (χ0) is 19.1. The highest BCUT2D eigenvalue weighted by Gasteiger charge is 2.33. The second-order valence-electron chi connectivity index (χ2n) is 5.47. The third-order valence-corrected chi connectivity index (χ3v) is 5.63. The number of halogens is 4. The van der Waals surface area contributed by atoms with Crippen molar-refractivity contribution < 1.29 is 21.6 Å². The molecule has 0 saturated carbocycles. The SMILES string of the molecule is C[C@H](NS(=O)(=O)c1cc(C(F)(F)F)ccc1Cl)c1nnc2ccccn12. The first kappa shape index (κ1) is 18.6. The van der Waals surface area contributed by atoms with E-state index in [0.717, 1.165) is 12.1 Å². The summed E-state index contributed by atoms with van der Waals surface area (Å²) in [7, 11) is -4.33. The van der Waals surface area contributed by atoms with Crippen LogP contribution < -0.4 is 4.72 Å². The molecule has 0 amide bonds. The first-order valence-electron chi connectivity index (χ1n) is 7.28. The number of hydrogen-bond acceptors (Lipinski definition) is 4. The average Bonchev–Trinajstić information content (AvgIpc) is 2.97. The minimum Gasteiger partial charge on any atom is -0.285 e. The van der Waals surface area contributed by atoms with Gasteiger partial charge in [0.15, 0.2) is 11.5 Å². The highest BCUT2D eigenvalue weighted by molar-refractivity contribution is 7.89. The second kappa shape index (κ2) is 6.53. The maximum Gasteiger partial charge on any atom is 0.416 e. The van der Waals surface area contributed by atoms with Gasteiger partial charge < -0.3 is 0 Å². The van der Waals surface area contributed by atoms with Crippen LogP contribution in [0.4, 0.5) is 13.2 Å². The molecular weight excluding hydrogens is 393 g/mol. The van der Waals surface area contributed by atoms with Crippen LogP contribution in [0.3, 0.4) is 0 Å². The van der Waals surface area contributed by atoms with Gasteiger partial charge in [0, 0.05) is 6.20 Å². The molecule has 11 heteroatoms. The number of sulfonamides is 1. The van der Waals surface area contributed by atoms with Crippen LogP contribution >= 0.6 is 11.6 Å². The van der Waals surface area contributed by atoms with Crippen LogP contribution in [-0.4, -0.2) is 23.0 Å².